The number of carboxylic acids is 1. The third kappa shape index (κ3) is 3.34. The molecule has 86 valence electrons. The lowest BCUT2D eigenvalue weighted by Gasteiger charge is -2.09. The Kier molecular flexibility index (Phi) is 4.06. The first-order valence-corrected chi connectivity index (χ1v) is 5.54. The van der Waals surface area contributed by atoms with Gasteiger partial charge in [0.25, 0.3) is 5.91 Å². The molecule has 0 unspecified atom stereocenters. The second kappa shape index (κ2) is 5.12. The highest BCUT2D eigenvalue weighted by Crippen LogP contribution is 2.16. The highest BCUT2D eigenvalue weighted by molar-refractivity contribution is 9.10. The van der Waals surface area contributed by atoms with Gasteiger partial charge in [-0.3, -0.25) is 4.79 Å². The Morgan fingerprint density at radius 2 is 1.81 bits per heavy atom. The van der Waals surface area contributed by atoms with Gasteiger partial charge in [0.1, 0.15) is 0 Å². The lowest BCUT2D eigenvalue weighted by atomic mass is 10.1. The number of aromatic carboxylic acids is 1. The lowest BCUT2D eigenvalue weighted by molar-refractivity contribution is 0.0697. The Balaban J connectivity index is 3.05. The zero-order valence-electron chi connectivity index (χ0n) is 8.95. The van der Waals surface area contributed by atoms with Crippen molar-refractivity contribution in [1.82, 2.24) is 5.32 Å². The van der Waals surface area contributed by atoms with E-state index in [2.05, 4.69) is 21.2 Å². The van der Waals surface area contributed by atoms with Crippen LogP contribution in [-0.2, 0) is 0 Å². The minimum absolute atomic E-state index is 0.0137. The van der Waals surface area contributed by atoms with E-state index < -0.39 is 5.97 Å². The van der Waals surface area contributed by atoms with E-state index in [1.807, 2.05) is 13.8 Å². The van der Waals surface area contributed by atoms with Crippen LogP contribution in [0.25, 0.3) is 0 Å². The Labute approximate surface area is 102 Å². The smallest absolute Gasteiger partial charge is 0.335 e. The first kappa shape index (κ1) is 12.7. The standard InChI is InChI=1S/C11H12BrNO3/c1-6(2)13-10(14)7-3-8(11(15)16)5-9(12)4-7/h3-6H,1-2H3,(H,13,14)(H,15,16). The summed E-state index contributed by atoms with van der Waals surface area (Å²) in [6.45, 7) is 3.68. The molecular formula is C11H12BrNO3. The Morgan fingerprint density at radius 1 is 1.25 bits per heavy atom. The van der Waals surface area contributed by atoms with Gasteiger partial charge in [-0.05, 0) is 32.0 Å². The van der Waals surface area contributed by atoms with Crippen LogP contribution in [0.3, 0.4) is 0 Å². The maximum absolute atomic E-state index is 11.7. The summed E-state index contributed by atoms with van der Waals surface area (Å²) in [5, 5.41) is 11.5. The molecule has 0 aliphatic rings. The monoisotopic (exact) mass is 285 g/mol. The summed E-state index contributed by atoms with van der Waals surface area (Å²) in [4.78, 5) is 22.5. The summed E-state index contributed by atoms with van der Waals surface area (Å²) >= 11 is 3.17. The van der Waals surface area contributed by atoms with Gasteiger partial charge >= 0.3 is 5.97 Å². The molecule has 0 radical (unpaired) electrons. The van der Waals surface area contributed by atoms with Crippen molar-refractivity contribution in [2.24, 2.45) is 0 Å². The number of carbonyl (C=O) groups is 2. The van der Waals surface area contributed by atoms with E-state index in [0.717, 1.165) is 0 Å². The van der Waals surface area contributed by atoms with Crippen molar-refractivity contribution < 1.29 is 14.7 Å². The van der Waals surface area contributed by atoms with E-state index >= 15 is 0 Å². The van der Waals surface area contributed by atoms with Crippen molar-refractivity contribution in [3.05, 3.63) is 33.8 Å². The highest BCUT2D eigenvalue weighted by atomic mass is 79.9. The molecule has 1 rings (SSSR count). The number of halogens is 1. The number of hydrogen-bond donors (Lipinski definition) is 2. The van der Waals surface area contributed by atoms with Gasteiger partial charge in [0.15, 0.2) is 0 Å². The van der Waals surface area contributed by atoms with Crippen LogP contribution in [0.4, 0.5) is 0 Å². The fourth-order valence-corrected chi connectivity index (χ4v) is 1.68. The molecule has 0 atom stereocenters. The van der Waals surface area contributed by atoms with Crippen LogP contribution in [-0.4, -0.2) is 23.0 Å². The van der Waals surface area contributed by atoms with Crippen molar-refractivity contribution in [1.29, 1.82) is 0 Å². The zero-order chi connectivity index (χ0) is 12.3. The average molecular weight is 286 g/mol. The molecule has 0 aromatic heterocycles. The normalized spacial score (nSPS) is 10.2. The molecule has 16 heavy (non-hydrogen) atoms. The molecule has 5 heteroatoms. The van der Waals surface area contributed by atoms with Crippen LogP contribution in [0.5, 0.6) is 0 Å². The number of carboxylic acid groups (broad SMARTS) is 1. The summed E-state index contributed by atoms with van der Waals surface area (Å²) in [7, 11) is 0. The third-order valence-corrected chi connectivity index (χ3v) is 2.28. The highest BCUT2D eigenvalue weighted by Gasteiger charge is 2.11. The van der Waals surface area contributed by atoms with E-state index in [1.165, 1.54) is 12.1 Å². The van der Waals surface area contributed by atoms with Gasteiger partial charge in [-0.15, -0.1) is 0 Å². The second-order valence-corrected chi connectivity index (χ2v) is 4.58. The van der Waals surface area contributed by atoms with E-state index in [9.17, 15) is 9.59 Å². The molecule has 1 aromatic carbocycles. The van der Waals surface area contributed by atoms with Crippen LogP contribution < -0.4 is 5.32 Å². The van der Waals surface area contributed by atoms with Crippen LogP contribution >= 0.6 is 15.9 Å². The molecule has 0 saturated heterocycles. The predicted molar refractivity (Wildman–Crippen MR) is 63.7 cm³/mol. The van der Waals surface area contributed by atoms with E-state index in [-0.39, 0.29) is 17.5 Å². The maximum atomic E-state index is 11.7. The predicted octanol–water partition coefficient (Wildman–Crippen LogP) is 2.29. The first-order valence-electron chi connectivity index (χ1n) is 4.75. The number of hydrogen-bond acceptors (Lipinski definition) is 2. The van der Waals surface area contributed by atoms with E-state index in [1.54, 1.807) is 6.07 Å². The SMILES string of the molecule is CC(C)NC(=O)c1cc(Br)cc(C(=O)O)c1. The number of amides is 1. The number of rotatable bonds is 3. The van der Waals surface area contributed by atoms with Crippen LogP contribution in [0.15, 0.2) is 22.7 Å². The van der Waals surface area contributed by atoms with Crippen LogP contribution in [0, 0.1) is 0 Å². The van der Waals surface area contributed by atoms with Gasteiger partial charge in [0.05, 0.1) is 5.56 Å². The second-order valence-electron chi connectivity index (χ2n) is 3.66. The third-order valence-electron chi connectivity index (χ3n) is 1.83. The largest absolute Gasteiger partial charge is 0.478 e. The molecule has 1 amide bonds. The van der Waals surface area contributed by atoms with Gasteiger partial charge < -0.3 is 10.4 Å². The summed E-state index contributed by atoms with van der Waals surface area (Å²) in [5.41, 5.74) is 0.420. The summed E-state index contributed by atoms with van der Waals surface area (Å²) in [5.74, 6) is -1.33. The lowest BCUT2D eigenvalue weighted by Crippen LogP contribution is -2.30. The molecule has 0 spiro atoms. The van der Waals surface area contributed by atoms with Gasteiger partial charge in [0, 0.05) is 16.1 Å². The van der Waals surface area contributed by atoms with Crippen molar-refractivity contribution >= 4 is 27.8 Å². The Hall–Kier alpha value is -1.36. The maximum Gasteiger partial charge on any atom is 0.335 e. The topological polar surface area (TPSA) is 66.4 Å². The summed E-state index contributed by atoms with van der Waals surface area (Å²) in [6.07, 6.45) is 0. The van der Waals surface area contributed by atoms with Crippen molar-refractivity contribution in [2.75, 3.05) is 0 Å². The summed E-state index contributed by atoms with van der Waals surface area (Å²) in [6, 6.07) is 4.41. The van der Waals surface area contributed by atoms with Crippen LogP contribution in [0.2, 0.25) is 0 Å². The number of benzene rings is 1. The van der Waals surface area contributed by atoms with E-state index in [0.29, 0.717) is 10.0 Å². The van der Waals surface area contributed by atoms with Gasteiger partial charge in [-0.1, -0.05) is 15.9 Å². The van der Waals surface area contributed by atoms with Gasteiger partial charge in [-0.2, -0.15) is 0 Å². The molecule has 0 fully saturated rings. The minimum atomic E-state index is -1.06. The van der Waals surface area contributed by atoms with Gasteiger partial charge in [-0.25, -0.2) is 4.79 Å². The van der Waals surface area contributed by atoms with Crippen molar-refractivity contribution in [3.8, 4) is 0 Å². The van der Waals surface area contributed by atoms with Gasteiger partial charge in [0.2, 0.25) is 0 Å². The average Bonchev–Trinajstić information content (AvgIpc) is 2.15. The molecule has 0 saturated carbocycles. The molecular weight excluding hydrogens is 274 g/mol. The molecule has 0 aliphatic heterocycles. The Morgan fingerprint density at radius 3 is 2.31 bits per heavy atom. The Bertz CT molecular complexity index is 429. The minimum Gasteiger partial charge on any atom is -0.478 e. The molecule has 4 nitrogen and oxygen atoms in total. The fraction of sp³-hybridized carbons (Fsp3) is 0.273. The molecule has 2 N–H and O–H groups in total. The zero-order valence-corrected chi connectivity index (χ0v) is 10.5. The molecule has 1 aromatic rings. The molecule has 0 aliphatic carbocycles. The molecule has 0 heterocycles. The number of nitrogens with one attached hydrogen (secondary N) is 1. The van der Waals surface area contributed by atoms with Crippen molar-refractivity contribution in [3.63, 3.8) is 0 Å². The summed E-state index contributed by atoms with van der Waals surface area (Å²) < 4.78 is 0.571. The van der Waals surface area contributed by atoms with E-state index in [4.69, 9.17) is 5.11 Å². The van der Waals surface area contributed by atoms with Crippen LogP contribution in [0.1, 0.15) is 34.6 Å². The first-order chi connectivity index (χ1) is 7.40. The number of carbonyl (C=O) groups excluding carboxylic acids is 1. The molecule has 0 bridgehead atoms. The fourth-order valence-electron chi connectivity index (χ4n) is 1.19. The van der Waals surface area contributed by atoms with Crippen molar-refractivity contribution in [2.45, 2.75) is 19.9 Å². The quantitative estimate of drug-likeness (QED) is 0.895.